The van der Waals surface area contributed by atoms with Gasteiger partial charge >= 0.3 is 0 Å². The SMILES string of the molecule is Cc1ccccc1CSCCNC(=O)[C@H](C)Oc1ccccc1C. The lowest BCUT2D eigenvalue weighted by atomic mass is 10.1. The van der Waals surface area contributed by atoms with E-state index in [2.05, 4.69) is 36.5 Å². The lowest BCUT2D eigenvalue weighted by Crippen LogP contribution is -2.37. The van der Waals surface area contributed by atoms with Crippen LogP contribution in [-0.2, 0) is 10.5 Å². The molecule has 1 amide bonds. The van der Waals surface area contributed by atoms with E-state index >= 15 is 0 Å². The van der Waals surface area contributed by atoms with Gasteiger partial charge in [0, 0.05) is 18.1 Å². The summed E-state index contributed by atoms with van der Waals surface area (Å²) in [7, 11) is 0. The molecule has 1 atom stereocenters. The van der Waals surface area contributed by atoms with Gasteiger partial charge in [-0.2, -0.15) is 11.8 Å². The molecule has 0 heterocycles. The van der Waals surface area contributed by atoms with Gasteiger partial charge in [-0.25, -0.2) is 0 Å². The maximum Gasteiger partial charge on any atom is 0.260 e. The van der Waals surface area contributed by atoms with Crippen LogP contribution in [0.2, 0.25) is 0 Å². The van der Waals surface area contributed by atoms with Crippen molar-refractivity contribution in [2.45, 2.75) is 32.6 Å². The van der Waals surface area contributed by atoms with E-state index < -0.39 is 6.10 Å². The summed E-state index contributed by atoms with van der Waals surface area (Å²) in [6, 6.07) is 16.1. The second-order valence-corrected chi connectivity index (χ2v) is 6.90. The van der Waals surface area contributed by atoms with Crippen LogP contribution in [-0.4, -0.2) is 24.3 Å². The number of ether oxygens (including phenoxy) is 1. The predicted octanol–water partition coefficient (Wildman–Crippen LogP) is 4.12. The van der Waals surface area contributed by atoms with Gasteiger partial charge in [0.15, 0.2) is 6.10 Å². The third-order valence-electron chi connectivity index (χ3n) is 3.83. The van der Waals surface area contributed by atoms with E-state index in [-0.39, 0.29) is 5.91 Å². The van der Waals surface area contributed by atoms with Gasteiger partial charge in [-0.15, -0.1) is 0 Å². The Kier molecular flexibility index (Phi) is 7.19. The van der Waals surface area contributed by atoms with Crippen LogP contribution in [0.1, 0.15) is 23.6 Å². The normalized spacial score (nSPS) is 11.8. The summed E-state index contributed by atoms with van der Waals surface area (Å²) in [5.74, 6) is 2.54. The Balaban J connectivity index is 1.67. The molecule has 2 aromatic rings. The Morgan fingerprint density at radius 3 is 2.46 bits per heavy atom. The molecule has 1 N–H and O–H groups in total. The van der Waals surface area contributed by atoms with E-state index in [0.717, 1.165) is 22.8 Å². The Morgan fingerprint density at radius 1 is 1.08 bits per heavy atom. The molecule has 0 unspecified atom stereocenters. The lowest BCUT2D eigenvalue weighted by molar-refractivity contribution is -0.127. The van der Waals surface area contributed by atoms with Crippen LogP contribution in [0.25, 0.3) is 0 Å². The lowest BCUT2D eigenvalue weighted by Gasteiger charge is -2.16. The van der Waals surface area contributed by atoms with Crippen molar-refractivity contribution in [2.75, 3.05) is 12.3 Å². The quantitative estimate of drug-likeness (QED) is 0.733. The summed E-state index contributed by atoms with van der Waals surface area (Å²) < 4.78 is 5.73. The Hall–Kier alpha value is -1.94. The van der Waals surface area contributed by atoms with E-state index in [1.807, 2.05) is 43.0 Å². The fourth-order valence-electron chi connectivity index (χ4n) is 2.28. The fraction of sp³-hybridized carbons (Fsp3) is 0.350. The maximum atomic E-state index is 12.1. The van der Waals surface area contributed by atoms with Crippen LogP contribution in [0.5, 0.6) is 5.75 Å². The molecule has 3 nitrogen and oxygen atoms in total. The molecule has 0 radical (unpaired) electrons. The van der Waals surface area contributed by atoms with Gasteiger partial charge in [0.05, 0.1) is 0 Å². The molecule has 128 valence electrons. The van der Waals surface area contributed by atoms with Gasteiger partial charge in [0.25, 0.3) is 5.91 Å². The van der Waals surface area contributed by atoms with Crippen molar-refractivity contribution in [1.82, 2.24) is 5.32 Å². The van der Waals surface area contributed by atoms with E-state index in [9.17, 15) is 4.79 Å². The first-order chi connectivity index (χ1) is 11.6. The first-order valence-corrected chi connectivity index (χ1v) is 9.35. The highest BCUT2D eigenvalue weighted by molar-refractivity contribution is 7.98. The van der Waals surface area contributed by atoms with Gasteiger partial charge in [-0.3, -0.25) is 4.79 Å². The zero-order valence-electron chi connectivity index (χ0n) is 14.5. The number of benzene rings is 2. The number of carbonyl (C=O) groups is 1. The number of aryl methyl sites for hydroxylation is 2. The molecule has 2 aromatic carbocycles. The average molecular weight is 343 g/mol. The topological polar surface area (TPSA) is 38.3 Å². The Morgan fingerprint density at radius 2 is 1.75 bits per heavy atom. The van der Waals surface area contributed by atoms with E-state index in [1.165, 1.54) is 11.1 Å². The number of nitrogens with one attached hydrogen (secondary N) is 1. The zero-order valence-corrected chi connectivity index (χ0v) is 15.4. The number of thioether (sulfide) groups is 1. The molecular weight excluding hydrogens is 318 g/mol. The number of rotatable bonds is 8. The van der Waals surface area contributed by atoms with E-state index in [1.54, 1.807) is 6.92 Å². The van der Waals surface area contributed by atoms with Gasteiger partial charge in [-0.1, -0.05) is 42.5 Å². The molecule has 0 spiro atoms. The molecule has 24 heavy (non-hydrogen) atoms. The van der Waals surface area contributed by atoms with Crippen molar-refractivity contribution in [1.29, 1.82) is 0 Å². The highest BCUT2D eigenvalue weighted by Crippen LogP contribution is 2.18. The van der Waals surface area contributed by atoms with Crippen molar-refractivity contribution >= 4 is 17.7 Å². The van der Waals surface area contributed by atoms with Crippen molar-refractivity contribution in [3.8, 4) is 5.75 Å². The third-order valence-corrected chi connectivity index (χ3v) is 4.84. The smallest absolute Gasteiger partial charge is 0.260 e. The van der Waals surface area contributed by atoms with Crippen LogP contribution in [0, 0.1) is 13.8 Å². The summed E-state index contributed by atoms with van der Waals surface area (Å²) in [5, 5.41) is 2.94. The molecule has 0 saturated heterocycles. The van der Waals surface area contributed by atoms with E-state index in [0.29, 0.717) is 6.54 Å². The minimum atomic E-state index is -0.493. The van der Waals surface area contributed by atoms with Crippen LogP contribution >= 0.6 is 11.8 Å². The Labute approximate surface area is 148 Å². The highest BCUT2D eigenvalue weighted by Gasteiger charge is 2.14. The predicted molar refractivity (Wildman–Crippen MR) is 102 cm³/mol. The van der Waals surface area contributed by atoms with Crippen LogP contribution < -0.4 is 10.1 Å². The molecule has 0 aliphatic rings. The fourth-order valence-corrected chi connectivity index (χ4v) is 3.21. The number of hydrogen-bond donors (Lipinski definition) is 1. The Bertz CT molecular complexity index is 672. The van der Waals surface area contributed by atoms with Gasteiger partial charge in [0.2, 0.25) is 0 Å². The molecule has 0 aliphatic carbocycles. The molecule has 4 heteroatoms. The van der Waals surface area contributed by atoms with Crippen molar-refractivity contribution in [2.24, 2.45) is 0 Å². The molecule has 0 bridgehead atoms. The summed E-state index contributed by atoms with van der Waals surface area (Å²) in [4.78, 5) is 12.1. The zero-order chi connectivity index (χ0) is 17.4. The van der Waals surface area contributed by atoms with Crippen molar-refractivity contribution in [3.63, 3.8) is 0 Å². The molecule has 0 aromatic heterocycles. The summed E-state index contributed by atoms with van der Waals surface area (Å²) in [5.41, 5.74) is 3.70. The minimum absolute atomic E-state index is 0.0743. The number of hydrogen-bond acceptors (Lipinski definition) is 3. The molecule has 0 fully saturated rings. The van der Waals surface area contributed by atoms with Crippen molar-refractivity contribution < 1.29 is 9.53 Å². The van der Waals surface area contributed by atoms with Crippen LogP contribution in [0.15, 0.2) is 48.5 Å². The summed E-state index contributed by atoms with van der Waals surface area (Å²) >= 11 is 1.83. The monoisotopic (exact) mass is 343 g/mol. The van der Waals surface area contributed by atoms with Crippen molar-refractivity contribution in [3.05, 3.63) is 65.2 Å². The molecule has 0 saturated carbocycles. The highest BCUT2D eigenvalue weighted by atomic mass is 32.2. The van der Waals surface area contributed by atoms with Crippen LogP contribution in [0.4, 0.5) is 0 Å². The molecule has 0 aliphatic heterocycles. The van der Waals surface area contributed by atoms with Gasteiger partial charge in [-0.05, 0) is 43.5 Å². The maximum absolute atomic E-state index is 12.1. The second-order valence-electron chi connectivity index (χ2n) is 5.80. The average Bonchev–Trinajstić information content (AvgIpc) is 2.58. The first kappa shape index (κ1) is 18.4. The van der Waals surface area contributed by atoms with E-state index in [4.69, 9.17) is 4.74 Å². The standard InChI is InChI=1S/C20H25NO2S/c1-15-8-4-6-10-18(15)14-24-13-12-21-20(22)17(3)23-19-11-7-5-9-16(19)2/h4-11,17H,12-14H2,1-3H3,(H,21,22)/t17-/m0/s1. The molecule has 2 rings (SSSR count). The number of amides is 1. The second kappa shape index (κ2) is 9.38. The number of carbonyl (C=O) groups excluding carboxylic acids is 1. The van der Waals surface area contributed by atoms with Gasteiger partial charge < -0.3 is 10.1 Å². The molecular formula is C20H25NO2S. The summed E-state index contributed by atoms with van der Waals surface area (Å²) in [6.45, 7) is 6.53. The van der Waals surface area contributed by atoms with Gasteiger partial charge in [0.1, 0.15) is 5.75 Å². The first-order valence-electron chi connectivity index (χ1n) is 8.20. The summed E-state index contributed by atoms with van der Waals surface area (Å²) in [6.07, 6.45) is -0.493. The third kappa shape index (κ3) is 5.60. The largest absolute Gasteiger partial charge is 0.481 e. The van der Waals surface area contributed by atoms with Crippen LogP contribution in [0.3, 0.4) is 0 Å². The minimum Gasteiger partial charge on any atom is -0.481 e. The number of para-hydroxylation sites is 1.